The maximum Gasteiger partial charge on any atom is 0.255 e. The molecule has 0 N–H and O–H groups in total. The predicted octanol–water partition coefficient (Wildman–Crippen LogP) is 4.87. The van der Waals surface area contributed by atoms with Crippen molar-refractivity contribution in [3.8, 4) is 11.1 Å². The SMILES string of the molecule is O=C(c1ccc(-c2ccc3c(c2)CCN([C@H]2CCN(C4CCC4)C2)C3=O)cc1Cl)N1CCCC1. The lowest BCUT2D eigenvalue weighted by Gasteiger charge is -2.37. The number of hydrogen-bond acceptors (Lipinski definition) is 3. The largest absolute Gasteiger partial charge is 0.339 e. The molecule has 4 aliphatic rings. The first-order chi connectivity index (χ1) is 16.6. The van der Waals surface area contributed by atoms with E-state index in [1.165, 1.54) is 19.3 Å². The second kappa shape index (κ2) is 9.01. The number of benzene rings is 2. The van der Waals surface area contributed by atoms with Crippen LogP contribution in [0.1, 0.15) is 64.8 Å². The molecule has 0 unspecified atom stereocenters. The summed E-state index contributed by atoms with van der Waals surface area (Å²) in [5.41, 5.74) is 4.54. The van der Waals surface area contributed by atoms with Crippen LogP contribution in [0.2, 0.25) is 5.02 Å². The Balaban J connectivity index is 1.18. The fraction of sp³-hybridized carbons (Fsp3) is 0.500. The van der Waals surface area contributed by atoms with Gasteiger partial charge in [-0.1, -0.05) is 36.2 Å². The van der Waals surface area contributed by atoms with Crippen LogP contribution in [0.5, 0.6) is 0 Å². The third-order valence-corrected chi connectivity index (χ3v) is 8.68. The summed E-state index contributed by atoms with van der Waals surface area (Å²) in [5.74, 6) is 0.200. The molecule has 0 radical (unpaired) electrons. The van der Waals surface area contributed by atoms with Crippen LogP contribution in [0.4, 0.5) is 0 Å². The van der Waals surface area contributed by atoms with Crippen molar-refractivity contribution in [1.82, 2.24) is 14.7 Å². The topological polar surface area (TPSA) is 43.9 Å². The van der Waals surface area contributed by atoms with Crippen molar-refractivity contribution < 1.29 is 9.59 Å². The van der Waals surface area contributed by atoms with Crippen molar-refractivity contribution in [2.45, 2.75) is 57.0 Å². The summed E-state index contributed by atoms with van der Waals surface area (Å²) in [6.07, 6.45) is 8.10. The van der Waals surface area contributed by atoms with Gasteiger partial charge in [0.25, 0.3) is 11.8 Å². The Labute approximate surface area is 206 Å². The fourth-order valence-corrected chi connectivity index (χ4v) is 6.36. The van der Waals surface area contributed by atoms with Crippen molar-refractivity contribution in [1.29, 1.82) is 0 Å². The predicted molar refractivity (Wildman–Crippen MR) is 134 cm³/mol. The summed E-state index contributed by atoms with van der Waals surface area (Å²) in [6, 6.07) is 12.9. The van der Waals surface area contributed by atoms with Crippen LogP contribution < -0.4 is 0 Å². The Morgan fingerprint density at radius 1 is 0.853 bits per heavy atom. The number of nitrogens with zero attached hydrogens (tertiary/aromatic N) is 3. The van der Waals surface area contributed by atoms with Gasteiger partial charge in [-0.25, -0.2) is 0 Å². The molecule has 6 rings (SSSR count). The summed E-state index contributed by atoms with van der Waals surface area (Å²) in [7, 11) is 0. The first kappa shape index (κ1) is 22.1. The quantitative estimate of drug-likeness (QED) is 0.631. The highest BCUT2D eigenvalue weighted by molar-refractivity contribution is 6.34. The summed E-state index contributed by atoms with van der Waals surface area (Å²) in [5, 5.41) is 0.492. The Hall–Kier alpha value is -2.37. The molecule has 0 bridgehead atoms. The molecule has 2 saturated heterocycles. The highest BCUT2D eigenvalue weighted by atomic mass is 35.5. The molecule has 2 aromatic carbocycles. The summed E-state index contributed by atoms with van der Waals surface area (Å²) in [4.78, 5) is 32.7. The molecular weight excluding hydrogens is 446 g/mol. The Morgan fingerprint density at radius 2 is 1.62 bits per heavy atom. The molecule has 178 valence electrons. The maximum absolute atomic E-state index is 13.4. The van der Waals surface area contributed by atoms with E-state index >= 15 is 0 Å². The molecule has 2 aromatic rings. The van der Waals surface area contributed by atoms with Crippen LogP contribution >= 0.6 is 11.6 Å². The number of hydrogen-bond donors (Lipinski definition) is 0. The standard InChI is InChI=1S/C28H32ClN3O2/c29-26-17-20(7-9-25(26)27(33)30-12-1-2-13-30)19-6-8-24-21(16-19)10-15-32(28(24)34)23-11-14-31(18-23)22-4-3-5-22/h6-9,16-17,22-23H,1-5,10-15,18H2/t23-/m0/s1. The number of likely N-dealkylation sites (tertiary alicyclic amines) is 2. The highest BCUT2D eigenvalue weighted by Gasteiger charge is 2.37. The number of halogens is 1. The Kier molecular flexibility index (Phi) is 5.86. The minimum atomic E-state index is 0.0213. The normalized spacial score (nSPS) is 23.3. The Morgan fingerprint density at radius 3 is 2.35 bits per heavy atom. The Bertz CT molecular complexity index is 1120. The average molecular weight is 478 g/mol. The monoisotopic (exact) mass is 477 g/mol. The molecule has 1 aliphatic carbocycles. The zero-order valence-electron chi connectivity index (χ0n) is 19.6. The van der Waals surface area contributed by atoms with Gasteiger partial charge in [0, 0.05) is 50.4 Å². The smallest absolute Gasteiger partial charge is 0.255 e. The van der Waals surface area contributed by atoms with Crippen molar-refractivity contribution in [2.24, 2.45) is 0 Å². The van der Waals surface area contributed by atoms with Gasteiger partial charge < -0.3 is 9.80 Å². The van der Waals surface area contributed by atoms with E-state index in [2.05, 4.69) is 15.9 Å². The highest BCUT2D eigenvalue weighted by Crippen LogP contribution is 2.33. The summed E-state index contributed by atoms with van der Waals surface area (Å²) in [6.45, 7) is 4.58. The lowest BCUT2D eigenvalue weighted by atomic mass is 9.92. The minimum Gasteiger partial charge on any atom is -0.339 e. The molecule has 3 aliphatic heterocycles. The number of rotatable bonds is 4. The van der Waals surface area contributed by atoms with Gasteiger partial charge in [-0.05, 0) is 73.4 Å². The second-order valence-electron chi connectivity index (χ2n) is 10.3. The molecule has 3 heterocycles. The molecule has 1 atom stereocenters. The molecule has 3 fully saturated rings. The molecule has 0 aromatic heterocycles. The van der Waals surface area contributed by atoms with Crippen molar-refractivity contribution in [2.75, 3.05) is 32.7 Å². The van der Waals surface area contributed by atoms with E-state index < -0.39 is 0 Å². The zero-order chi connectivity index (χ0) is 23.2. The lowest BCUT2D eigenvalue weighted by Crippen LogP contribution is -2.47. The van der Waals surface area contributed by atoms with E-state index in [-0.39, 0.29) is 11.8 Å². The van der Waals surface area contributed by atoms with Crippen molar-refractivity contribution in [3.63, 3.8) is 0 Å². The molecule has 1 saturated carbocycles. The number of carbonyl (C=O) groups is 2. The molecule has 0 spiro atoms. The van der Waals surface area contributed by atoms with E-state index in [1.54, 1.807) is 0 Å². The molecule has 34 heavy (non-hydrogen) atoms. The van der Waals surface area contributed by atoms with Crippen LogP contribution in [0.15, 0.2) is 36.4 Å². The second-order valence-corrected chi connectivity index (χ2v) is 10.7. The molecule has 2 amide bonds. The van der Waals surface area contributed by atoms with Gasteiger partial charge in [-0.15, -0.1) is 0 Å². The van der Waals surface area contributed by atoms with Crippen LogP contribution in [-0.2, 0) is 6.42 Å². The van der Waals surface area contributed by atoms with Gasteiger partial charge in [-0.2, -0.15) is 0 Å². The van der Waals surface area contributed by atoms with Gasteiger partial charge in [0.2, 0.25) is 0 Å². The van der Waals surface area contributed by atoms with E-state index in [1.807, 2.05) is 35.2 Å². The van der Waals surface area contributed by atoms with E-state index in [0.717, 1.165) is 86.7 Å². The third-order valence-electron chi connectivity index (χ3n) is 8.37. The van der Waals surface area contributed by atoms with Crippen LogP contribution in [0.25, 0.3) is 11.1 Å². The molecule has 6 heteroatoms. The molecule has 5 nitrogen and oxygen atoms in total. The average Bonchev–Trinajstić information content (AvgIpc) is 3.50. The van der Waals surface area contributed by atoms with Gasteiger partial charge in [-0.3, -0.25) is 14.5 Å². The van der Waals surface area contributed by atoms with Gasteiger partial charge in [0.15, 0.2) is 0 Å². The van der Waals surface area contributed by atoms with Crippen LogP contribution in [-0.4, -0.2) is 71.3 Å². The first-order valence-electron chi connectivity index (χ1n) is 12.9. The van der Waals surface area contributed by atoms with E-state index in [0.29, 0.717) is 16.6 Å². The lowest BCUT2D eigenvalue weighted by molar-refractivity contribution is 0.0646. The number of amides is 2. The van der Waals surface area contributed by atoms with E-state index in [9.17, 15) is 9.59 Å². The van der Waals surface area contributed by atoms with Crippen LogP contribution in [0.3, 0.4) is 0 Å². The molecular formula is C28H32ClN3O2. The van der Waals surface area contributed by atoms with Crippen molar-refractivity contribution in [3.05, 3.63) is 58.1 Å². The van der Waals surface area contributed by atoms with E-state index in [4.69, 9.17) is 11.6 Å². The number of carbonyl (C=O) groups excluding carboxylic acids is 2. The summed E-state index contributed by atoms with van der Waals surface area (Å²) >= 11 is 6.55. The van der Waals surface area contributed by atoms with Crippen molar-refractivity contribution >= 4 is 23.4 Å². The van der Waals surface area contributed by atoms with Gasteiger partial charge in [0.05, 0.1) is 10.6 Å². The fourth-order valence-electron chi connectivity index (χ4n) is 6.10. The third kappa shape index (κ3) is 3.93. The van der Waals surface area contributed by atoms with Crippen LogP contribution in [0, 0.1) is 0 Å². The number of fused-ring (bicyclic) bond motifs is 1. The minimum absolute atomic E-state index is 0.0213. The van der Waals surface area contributed by atoms with Gasteiger partial charge in [0.1, 0.15) is 0 Å². The maximum atomic E-state index is 13.4. The first-order valence-corrected chi connectivity index (χ1v) is 13.2. The van der Waals surface area contributed by atoms with Gasteiger partial charge >= 0.3 is 0 Å². The zero-order valence-corrected chi connectivity index (χ0v) is 20.4. The summed E-state index contributed by atoms with van der Waals surface area (Å²) < 4.78 is 0.